The summed E-state index contributed by atoms with van der Waals surface area (Å²) in [5.41, 5.74) is -0.981. The van der Waals surface area contributed by atoms with Crippen LogP contribution in [0, 0.1) is 5.82 Å². The highest BCUT2D eigenvalue weighted by atomic mass is 19.1. The van der Waals surface area contributed by atoms with Gasteiger partial charge in [-0.3, -0.25) is 4.79 Å². The average Bonchev–Trinajstić information content (AvgIpc) is 2.47. The molecular formula is C13H18FN5O4. The third-order valence-electron chi connectivity index (χ3n) is 2.40. The number of halogens is 1. The smallest absolute Gasteiger partial charge is 0.358 e. The number of nitrogens with zero attached hydrogens (tertiary/aromatic N) is 4. The molecule has 0 fully saturated rings. The maximum absolute atomic E-state index is 13.8. The van der Waals surface area contributed by atoms with Crippen molar-refractivity contribution in [1.29, 1.82) is 0 Å². The van der Waals surface area contributed by atoms with Crippen molar-refractivity contribution in [3.8, 4) is 0 Å². The Hall–Kier alpha value is -2.78. The first-order chi connectivity index (χ1) is 10.8. The van der Waals surface area contributed by atoms with E-state index in [1.807, 2.05) is 0 Å². The van der Waals surface area contributed by atoms with Crippen molar-refractivity contribution in [3.05, 3.63) is 22.5 Å². The quantitative estimate of drug-likeness (QED) is 0.452. The lowest BCUT2D eigenvalue weighted by Crippen LogP contribution is -2.38. The van der Waals surface area contributed by atoms with E-state index in [2.05, 4.69) is 20.0 Å². The van der Waals surface area contributed by atoms with Crippen molar-refractivity contribution in [1.82, 2.24) is 19.8 Å². The van der Waals surface area contributed by atoms with E-state index in [0.29, 0.717) is 10.8 Å². The van der Waals surface area contributed by atoms with Crippen LogP contribution in [0.3, 0.4) is 0 Å². The second-order valence-corrected chi connectivity index (χ2v) is 4.56. The molecule has 9 nitrogen and oxygen atoms in total. The van der Waals surface area contributed by atoms with Crippen LogP contribution in [0.1, 0.15) is 13.3 Å². The molecule has 0 aliphatic heterocycles. The number of aromatic nitrogens is 2. The van der Waals surface area contributed by atoms with Gasteiger partial charge in [0, 0.05) is 20.6 Å². The normalized spacial score (nSPS) is 10.6. The Bertz CT molecular complexity index is 656. The van der Waals surface area contributed by atoms with Crippen LogP contribution < -0.4 is 11.0 Å². The zero-order valence-electron chi connectivity index (χ0n) is 13.1. The van der Waals surface area contributed by atoms with Gasteiger partial charge >= 0.3 is 17.7 Å². The molecule has 0 atom stereocenters. The van der Waals surface area contributed by atoms with Crippen LogP contribution in [0.25, 0.3) is 0 Å². The van der Waals surface area contributed by atoms with E-state index in [1.54, 1.807) is 21.0 Å². The molecule has 0 unspecified atom stereocenters. The molecule has 0 aliphatic carbocycles. The fourth-order valence-corrected chi connectivity index (χ4v) is 1.42. The van der Waals surface area contributed by atoms with Gasteiger partial charge in [0.05, 0.1) is 25.6 Å². The van der Waals surface area contributed by atoms with Gasteiger partial charge in [0.1, 0.15) is 0 Å². The fourth-order valence-electron chi connectivity index (χ4n) is 1.42. The molecule has 1 aromatic rings. The zero-order chi connectivity index (χ0) is 17.4. The van der Waals surface area contributed by atoms with Crippen molar-refractivity contribution in [3.63, 3.8) is 0 Å². The summed E-state index contributed by atoms with van der Waals surface area (Å²) in [7, 11) is 3.33. The predicted molar refractivity (Wildman–Crippen MR) is 80.3 cm³/mol. The summed E-state index contributed by atoms with van der Waals surface area (Å²) in [4.78, 5) is 43.2. The van der Waals surface area contributed by atoms with Crippen molar-refractivity contribution in [2.45, 2.75) is 13.3 Å². The second-order valence-electron chi connectivity index (χ2n) is 4.56. The Morgan fingerprint density at radius 3 is 2.83 bits per heavy atom. The Morgan fingerprint density at radius 2 is 2.22 bits per heavy atom. The lowest BCUT2D eigenvalue weighted by Gasteiger charge is -2.07. The van der Waals surface area contributed by atoms with Crippen molar-refractivity contribution < 1.29 is 18.7 Å². The lowest BCUT2D eigenvalue weighted by atomic mass is 10.4. The van der Waals surface area contributed by atoms with E-state index in [-0.39, 0.29) is 19.6 Å². The molecule has 0 saturated heterocycles. The summed E-state index contributed by atoms with van der Waals surface area (Å²) in [5, 5.41) is 2.30. The highest BCUT2D eigenvalue weighted by molar-refractivity contribution is 5.77. The number of amides is 1. The van der Waals surface area contributed by atoms with Gasteiger partial charge in [0.25, 0.3) is 0 Å². The summed E-state index contributed by atoms with van der Waals surface area (Å²) in [6.45, 7) is 1.84. The SMILES string of the molecule is CCOC(=O)CCNC(=O)n1cc(F)c(N=CN(C)C)nc1=O. The Balaban J connectivity index is 2.77. The Kier molecular flexibility index (Phi) is 6.84. The van der Waals surface area contributed by atoms with Gasteiger partial charge in [-0.15, -0.1) is 0 Å². The third-order valence-corrected chi connectivity index (χ3v) is 2.40. The minimum atomic E-state index is -0.981. The molecule has 1 aromatic heterocycles. The number of hydrogen-bond acceptors (Lipinski definition) is 6. The Labute approximate surface area is 131 Å². The van der Waals surface area contributed by atoms with E-state index in [4.69, 9.17) is 0 Å². The first-order valence-electron chi connectivity index (χ1n) is 6.78. The Morgan fingerprint density at radius 1 is 1.52 bits per heavy atom. The maximum Gasteiger partial charge on any atom is 0.358 e. The fraction of sp³-hybridized carbons (Fsp3) is 0.462. The van der Waals surface area contributed by atoms with Gasteiger partial charge in [-0.1, -0.05) is 0 Å². The molecular weight excluding hydrogens is 309 g/mol. The molecule has 0 radical (unpaired) electrons. The van der Waals surface area contributed by atoms with Crippen LogP contribution in [0.2, 0.25) is 0 Å². The molecule has 1 N–H and O–H groups in total. The molecule has 1 amide bonds. The van der Waals surface area contributed by atoms with E-state index in [1.165, 1.54) is 11.2 Å². The number of hydrogen-bond donors (Lipinski definition) is 1. The van der Waals surface area contributed by atoms with Crippen LogP contribution in [0.15, 0.2) is 16.0 Å². The predicted octanol–water partition coefficient (Wildman–Crippen LogP) is 0.115. The van der Waals surface area contributed by atoms with Crippen LogP contribution in [0.5, 0.6) is 0 Å². The molecule has 0 spiro atoms. The molecule has 0 saturated carbocycles. The average molecular weight is 327 g/mol. The first-order valence-corrected chi connectivity index (χ1v) is 6.78. The van der Waals surface area contributed by atoms with E-state index in [9.17, 15) is 18.8 Å². The molecule has 1 rings (SSSR count). The molecule has 0 bridgehead atoms. The summed E-state index contributed by atoms with van der Waals surface area (Å²) < 4.78 is 18.9. The molecule has 1 heterocycles. The highest BCUT2D eigenvalue weighted by Gasteiger charge is 2.13. The summed E-state index contributed by atoms with van der Waals surface area (Å²) in [5.74, 6) is -1.83. The summed E-state index contributed by atoms with van der Waals surface area (Å²) >= 11 is 0. The number of carbonyl (C=O) groups is 2. The number of rotatable bonds is 6. The van der Waals surface area contributed by atoms with E-state index >= 15 is 0 Å². The number of carbonyl (C=O) groups excluding carboxylic acids is 2. The minimum absolute atomic E-state index is 0.0493. The topological polar surface area (TPSA) is 106 Å². The van der Waals surface area contributed by atoms with Crippen molar-refractivity contribution in [2.24, 2.45) is 4.99 Å². The number of nitrogens with one attached hydrogen (secondary N) is 1. The summed E-state index contributed by atoms with van der Waals surface area (Å²) in [6, 6.07) is -0.895. The van der Waals surface area contributed by atoms with Crippen LogP contribution in [-0.2, 0) is 9.53 Å². The molecule has 0 aromatic carbocycles. The van der Waals surface area contributed by atoms with Crippen LogP contribution >= 0.6 is 0 Å². The lowest BCUT2D eigenvalue weighted by molar-refractivity contribution is -0.142. The van der Waals surface area contributed by atoms with Crippen LogP contribution in [-0.4, -0.2) is 60.0 Å². The van der Waals surface area contributed by atoms with E-state index < -0.39 is 29.3 Å². The molecule has 126 valence electrons. The van der Waals surface area contributed by atoms with Crippen LogP contribution in [0.4, 0.5) is 15.0 Å². The van der Waals surface area contributed by atoms with Gasteiger partial charge in [0.15, 0.2) is 11.6 Å². The number of ether oxygens (including phenoxy) is 1. The number of esters is 1. The standard InChI is InChI=1S/C13H18FN5O4/c1-4-23-10(20)5-6-15-12(21)19-7-9(14)11(17-13(19)22)16-8-18(2)3/h7-8H,4-6H2,1-3H3,(H,15,21). The highest BCUT2D eigenvalue weighted by Crippen LogP contribution is 2.09. The van der Waals surface area contributed by atoms with Crippen molar-refractivity contribution in [2.75, 3.05) is 27.2 Å². The third kappa shape index (κ3) is 5.85. The van der Waals surface area contributed by atoms with E-state index in [0.717, 1.165) is 0 Å². The maximum atomic E-state index is 13.8. The monoisotopic (exact) mass is 327 g/mol. The molecule has 10 heteroatoms. The molecule has 0 aliphatic rings. The minimum Gasteiger partial charge on any atom is -0.466 e. The molecule has 23 heavy (non-hydrogen) atoms. The van der Waals surface area contributed by atoms with Gasteiger partial charge in [-0.2, -0.15) is 4.98 Å². The first kappa shape index (κ1) is 18.3. The van der Waals surface area contributed by atoms with Gasteiger partial charge in [-0.05, 0) is 6.92 Å². The summed E-state index contributed by atoms with van der Waals surface area (Å²) in [6.07, 6.45) is 1.90. The second kappa shape index (κ2) is 8.61. The van der Waals surface area contributed by atoms with Gasteiger partial charge in [-0.25, -0.2) is 23.5 Å². The number of aliphatic imine (C=N–C) groups is 1. The zero-order valence-corrected chi connectivity index (χ0v) is 13.1. The van der Waals surface area contributed by atoms with Gasteiger partial charge < -0.3 is 15.0 Å². The van der Waals surface area contributed by atoms with Crippen molar-refractivity contribution >= 4 is 24.2 Å². The van der Waals surface area contributed by atoms with Gasteiger partial charge in [0.2, 0.25) is 0 Å². The largest absolute Gasteiger partial charge is 0.466 e.